The van der Waals surface area contributed by atoms with Gasteiger partial charge in [-0.25, -0.2) is 0 Å². The Hall–Kier alpha value is -0.560. The Bertz CT molecular complexity index is 541. The van der Waals surface area contributed by atoms with E-state index in [0.717, 1.165) is 48.0 Å². The van der Waals surface area contributed by atoms with Crippen LogP contribution < -0.4 is 0 Å². The number of hydrogen-bond acceptors (Lipinski definition) is 1. The quantitative estimate of drug-likeness (QED) is 0.352. The van der Waals surface area contributed by atoms with Gasteiger partial charge >= 0.3 is 0 Å². The van der Waals surface area contributed by atoms with E-state index >= 15 is 0 Å². The first-order valence-electron chi connectivity index (χ1n) is 14.2. The summed E-state index contributed by atoms with van der Waals surface area (Å²) < 4.78 is 6.37. The van der Waals surface area contributed by atoms with E-state index in [2.05, 4.69) is 31.7 Å². The van der Waals surface area contributed by atoms with Gasteiger partial charge in [-0.1, -0.05) is 50.8 Å². The van der Waals surface area contributed by atoms with Crippen molar-refractivity contribution in [3.63, 3.8) is 0 Å². The van der Waals surface area contributed by atoms with Crippen LogP contribution in [0.15, 0.2) is 24.8 Å². The fourth-order valence-corrected chi connectivity index (χ4v) is 7.60. The molecule has 0 spiro atoms. The molecule has 0 heterocycles. The van der Waals surface area contributed by atoms with Crippen LogP contribution in [0, 0.1) is 41.4 Å². The lowest BCUT2D eigenvalue weighted by Gasteiger charge is -2.40. The van der Waals surface area contributed by atoms with Crippen molar-refractivity contribution in [3.05, 3.63) is 24.8 Å². The van der Waals surface area contributed by atoms with Crippen LogP contribution in [0.2, 0.25) is 0 Å². The standard InChI is InChI=1S/C30H50O/c1-3-5-24-6-8-25(9-7-24)22-31-30-20-18-29(19-21-30)28-16-14-27(15-17-28)26-12-10-23(4-2)11-13-26/h4,18,20,23-30H,2-3,5-17,19,21-22H2,1H3. The van der Waals surface area contributed by atoms with Gasteiger partial charge in [-0.2, -0.15) is 0 Å². The first-order valence-corrected chi connectivity index (χ1v) is 14.2. The summed E-state index contributed by atoms with van der Waals surface area (Å²) in [6.07, 6.45) is 30.4. The highest BCUT2D eigenvalue weighted by atomic mass is 16.5. The van der Waals surface area contributed by atoms with Gasteiger partial charge in [0, 0.05) is 0 Å². The van der Waals surface area contributed by atoms with Crippen LogP contribution in [0.3, 0.4) is 0 Å². The molecule has 0 aromatic heterocycles. The summed E-state index contributed by atoms with van der Waals surface area (Å²) in [5.41, 5.74) is 0. The minimum atomic E-state index is 0.404. The largest absolute Gasteiger partial charge is 0.374 e. The van der Waals surface area contributed by atoms with Gasteiger partial charge in [0.15, 0.2) is 0 Å². The maximum absolute atomic E-state index is 6.37. The predicted molar refractivity (Wildman–Crippen MR) is 133 cm³/mol. The molecule has 2 unspecified atom stereocenters. The van der Waals surface area contributed by atoms with E-state index < -0.39 is 0 Å². The van der Waals surface area contributed by atoms with Crippen LogP contribution in [0.5, 0.6) is 0 Å². The summed E-state index contributed by atoms with van der Waals surface area (Å²) in [5.74, 6) is 6.48. The molecule has 0 N–H and O–H groups in total. The zero-order valence-electron chi connectivity index (χ0n) is 20.5. The third-order valence-electron chi connectivity index (χ3n) is 9.81. The Balaban J connectivity index is 1.12. The van der Waals surface area contributed by atoms with Crippen LogP contribution in [0.4, 0.5) is 0 Å². The molecule has 31 heavy (non-hydrogen) atoms. The highest BCUT2D eigenvalue weighted by molar-refractivity contribution is 5.02. The molecule has 0 aromatic carbocycles. The van der Waals surface area contributed by atoms with Gasteiger partial charge in [-0.05, 0) is 118 Å². The van der Waals surface area contributed by atoms with E-state index in [0.29, 0.717) is 6.10 Å². The van der Waals surface area contributed by atoms with Gasteiger partial charge in [-0.3, -0.25) is 0 Å². The third-order valence-corrected chi connectivity index (χ3v) is 9.81. The molecular formula is C30H50O. The molecule has 0 amide bonds. The minimum Gasteiger partial charge on any atom is -0.374 e. The summed E-state index contributed by atoms with van der Waals surface area (Å²) in [6.45, 7) is 7.36. The maximum atomic E-state index is 6.37. The molecule has 4 aliphatic carbocycles. The molecule has 0 aliphatic heterocycles. The molecule has 4 aliphatic rings. The van der Waals surface area contributed by atoms with Gasteiger partial charge in [-0.15, -0.1) is 6.58 Å². The van der Waals surface area contributed by atoms with Crippen molar-refractivity contribution in [1.82, 2.24) is 0 Å². The minimum absolute atomic E-state index is 0.404. The lowest BCUT2D eigenvalue weighted by molar-refractivity contribution is 0.0282. The molecule has 176 valence electrons. The Morgan fingerprint density at radius 3 is 1.90 bits per heavy atom. The van der Waals surface area contributed by atoms with Gasteiger partial charge in [0.25, 0.3) is 0 Å². The van der Waals surface area contributed by atoms with Crippen LogP contribution in [0.1, 0.15) is 110 Å². The number of allylic oxidation sites excluding steroid dienone is 2. The second kappa shape index (κ2) is 12.1. The zero-order valence-corrected chi connectivity index (χ0v) is 20.5. The molecule has 3 fully saturated rings. The Labute approximate surface area is 193 Å². The summed E-state index contributed by atoms with van der Waals surface area (Å²) in [5, 5.41) is 0. The molecule has 1 nitrogen and oxygen atoms in total. The van der Waals surface area contributed by atoms with Gasteiger partial charge in [0.05, 0.1) is 12.7 Å². The molecule has 3 saturated carbocycles. The Morgan fingerprint density at radius 2 is 1.32 bits per heavy atom. The third kappa shape index (κ3) is 6.72. The van der Waals surface area contributed by atoms with Crippen molar-refractivity contribution in [1.29, 1.82) is 0 Å². The zero-order chi connectivity index (χ0) is 21.5. The molecule has 1 heteroatoms. The van der Waals surface area contributed by atoms with Crippen LogP contribution in [-0.2, 0) is 4.74 Å². The van der Waals surface area contributed by atoms with E-state index in [-0.39, 0.29) is 0 Å². The van der Waals surface area contributed by atoms with Crippen molar-refractivity contribution in [3.8, 4) is 0 Å². The average molecular weight is 427 g/mol. The van der Waals surface area contributed by atoms with Crippen molar-refractivity contribution in [2.24, 2.45) is 41.4 Å². The van der Waals surface area contributed by atoms with E-state index in [1.807, 2.05) is 0 Å². The van der Waals surface area contributed by atoms with E-state index in [1.54, 1.807) is 0 Å². The summed E-state index contributed by atoms with van der Waals surface area (Å²) >= 11 is 0. The normalized spacial score (nSPS) is 41.7. The average Bonchev–Trinajstić information content (AvgIpc) is 2.84. The maximum Gasteiger partial charge on any atom is 0.0756 e. The molecule has 2 atom stereocenters. The fraction of sp³-hybridized carbons (Fsp3) is 0.867. The Kier molecular flexibility index (Phi) is 9.18. The molecule has 0 bridgehead atoms. The molecular weight excluding hydrogens is 376 g/mol. The smallest absolute Gasteiger partial charge is 0.0756 e. The highest BCUT2D eigenvalue weighted by Gasteiger charge is 2.33. The first kappa shape index (κ1) is 23.6. The first-order chi connectivity index (χ1) is 15.2. The van der Waals surface area contributed by atoms with Crippen LogP contribution in [0.25, 0.3) is 0 Å². The van der Waals surface area contributed by atoms with E-state index in [1.165, 1.54) is 103 Å². The van der Waals surface area contributed by atoms with Crippen molar-refractivity contribution >= 4 is 0 Å². The van der Waals surface area contributed by atoms with Gasteiger partial charge < -0.3 is 4.74 Å². The summed E-state index contributed by atoms with van der Waals surface area (Å²) in [4.78, 5) is 0. The lowest BCUT2D eigenvalue weighted by Crippen LogP contribution is -2.29. The second-order valence-corrected chi connectivity index (χ2v) is 11.8. The predicted octanol–water partition coefficient (Wildman–Crippen LogP) is 8.74. The van der Waals surface area contributed by atoms with E-state index in [4.69, 9.17) is 4.74 Å². The molecule has 0 radical (unpaired) electrons. The SMILES string of the molecule is C=CC1CCC(C2CCC(C3C=CC(OCC4CCC(CCC)CC4)CC3)CC2)CC1. The number of hydrogen-bond donors (Lipinski definition) is 0. The molecule has 4 rings (SSSR count). The highest BCUT2D eigenvalue weighted by Crippen LogP contribution is 2.44. The second-order valence-electron chi connectivity index (χ2n) is 11.8. The molecule has 0 aromatic rings. The topological polar surface area (TPSA) is 9.23 Å². The molecule has 0 saturated heterocycles. The van der Waals surface area contributed by atoms with Crippen molar-refractivity contribution < 1.29 is 4.74 Å². The number of rotatable bonds is 8. The van der Waals surface area contributed by atoms with Gasteiger partial charge in [0.1, 0.15) is 0 Å². The number of ether oxygens (including phenoxy) is 1. The lowest BCUT2D eigenvalue weighted by atomic mass is 9.66. The monoisotopic (exact) mass is 426 g/mol. The Morgan fingerprint density at radius 1 is 0.710 bits per heavy atom. The van der Waals surface area contributed by atoms with Crippen molar-refractivity contribution in [2.75, 3.05) is 6.61 Å². The van der Waals surface area contributed by atoms with Crippen molar-refractivity contribution in [2.45, 2.75) is 116 Å². The van der Waals surface area contributed by atoms with Crippen LogP contribution >= 0.6 is 0 Å². The van der Waals surface area contributed by atoms with E-state index in [9.17, 15) is 0 Å². The fourth-order valence-electron chi connectivity index (χ4n) is 7.60. The van der Waals surface area contributed by atoms with Crippen LogP contribution in [-0.4, -0.2) is 12.7 Å². The summed E-state index contributed by atoms with van der Waals surface area (Å²) in [7, 11) is 0. The van der Waals surface area contributed by atoms with Gasteiger partial charge in [0.2, 0.25) is 0 Å². The summed E-state index contributed by atoms with van der Waals surface area (Å²) in [6, 6.07) is 0.